The maximum absolute atomic E-state index is 2.69. The summed E-state index contributed by atoms with van der Waals surface area (Å²) in [7, 11) is 0. The Morgan fingerprint density at radius 1 is 0.400 bits per heavy atom. The number of para-hydroxylation sites is 4. The summed E-state index contributed by atoms with van der Waals surface area (Å²) in [4.78, 5) is 5.29. The van der Waals surface area contributed by atoms with Crippen molar-refractivity contribution in [1.82, 2.24) is 0 Å². The Labute approximate surface area is 325 Å². The number of hydrogen-bond acceptors (Lipinski definition) is 2. The van der Waals surface area contributed by atoms with E-state index < -0.39 is 0 Å². The van der Waals surface area contributed by atoms with Gasteiger partial charge in [-0.3, -0.25) is 0 Å². The van der Waals surface area contributed by atoms with Crippen LogP contribution in [0.4, 0.5) is 34.1 Å². The van der Waals surface area contributed by atoms with Gasteiger partial charge in [-0.05, 0) is 131 Å². The Bertz CT molecular complexity index is 2420. The molecular weight excluding hydrogens is 663 g/mol. The highest BCUT2D eigenvalue weighted by Gasteiger charge is 2.53. The van der Waals surface area contributed by atoms with Crippen LogP contribution in [0.25, 0.3) is 22.3 Å². The lowest BCUT2D eigenvalue weighted by Gasteiger charge is -2.57. The van der Waals surface area contributed by atoms with Crippen molar-refractivity contribution in [3.8, 4) is 22.3 Å². The van der Waals surface area contributed by atoms with Gasteiger partial charge in [0, 0.05) is 33.9 Å². The van der Waals surface area contributed by atoms with Crippen molar-refractivity contribution in [3.63, 3.8) is 0 Å². The first-order chi connectivity index (χ1) is 27.2. The van der Waals surface area contributed by atoms with Gasteiger partial charge in [0.05, 0.1) is 11.4 Å². The summed E-state index contributed by atoms with van der Waals surface area (Å²) >= 11 is 0. The molecule has 264 valence electrons. The normalized spacial score (nSPS) is 22.6. The van der Waals surface area contributed by atoms with Gasteiger partial charge in [0.1, 0.15) is 0 Å². The van der Waals surface area contributed by atoms with Gasteiger partial charge in [-0.1, -0.05) is 133 Å². The highest BCUT2D eigenvalue weighted by molar-refractivity contribution is 7.00. The third kappa shape index (κ3) is 4.75. The minimum Gasteiger partial charge on any atom is -0.311 e. The molecule has 55 heavy (non-hydrogen) atoms. The quantitative estimate of drug-likeness (QED) is 0.164. The monoisotopic (exact) mass is 706 g/mol. The minimum atomic E-state index is 0.114. The van der Waals surface area contributed by atoms with Crippen molar-refractivity contribution in [2.75, 3.05) is 9.80 Å². The SMILES string of the molecule is c1ccc(-c2ccccc2N2c3ccccc3B3c4ccccc4N(c4ccccc4-c4ccccc4)c4cc(C56CC7CC(CC(C7)C5)C6)cc2c43)cc1. The molecule has 0 atom stereocenters. The van der Waals surface area contributed by atoms with Crippen LogP contribution in [0.1, 0.15) is 44.1 Å². The lowest BCUT2D eigenvalue weighted by Crippen LogP contribution is -2.61. The molecular formula is C52H43BN2. The van der Waals surface area contributed by atoms with E-state index in [1.54, 1.807) is 5.56 Å². The third-order valence-corrected chi connectivity index (χ3v) is 14.0. The molecule has 2 heterocycles. The Balaban J connectivity index is 1.19. The summed E-state index contributed by atoms with van der Waals surface area (Å²) in [6, 6.07) is 64.0. The van der Waals surface area contributed by atoms with Gasteiger partial charge < -0.3 is 9.80 Å². The molecule has 4 aliphatic carbocycles. The van der Waals surface area contributed by atoms with Crippen molar-refractivity contribution in [1.29, 1.82) is 0 Å². The molecule has 0 spiro atoms. The fourth-order valence-electron chi connectivity index (χ4n) is 12.2. The van der Waals surface area contributed by atoms with Gasteiger partial charge in [0.2, 0.25) is 0 Å². The van der Waals surface area contributed by atoms with Gasteiger partial charge in [-0.15, -0.1) is 0 Å². The molecule has 7 aromatic carbocycles. The lowest BCUT2D eigenvalue weighted by atomic mass is 9.33. The minimum absolute atomic E-state index is 0.114. The summed E-state index contributed by atoms with van der Waals surface area (Å²) in [6.45, 7) is 0.114. The highest BCUT2D eigenvalue weighted by Crippen LogP contribution is 2.62. The summed E-state index contributed by atoms with van der Waals surface area (Å²) < 4.78 is 0. The van der Waals surface area contributed by atoms with Crippen LogP contribution in [0.15, 0.2) is 170 Å². The summed E-state index contributed by atoms with van der Waals surface area (Å²) in [6.07, 6.45) is 8.30. The van der Waals surface area contributed by atoms with Gasteiger partial charge in [0.25, 0.3) is 6.71 Å². The fourth-order valence-corrected chi connectivity index (χ4v) is 12.2. The molecule has 4 fully saturated rings. The first-order valence-electron chi connectivity index (χ1n) is 20.5. The molecule has 6 aliphatic rings. The molecule has 4 saturated carbocycles. The van der Waals surface area contributed by atoms with Gasteiger partial charge in [-0.2, -0.15) is 0 Å². The van der Waals surface area contributed by atoms with E-state index in [-0.39, 0.29) is 12.1 Å². The number of anilines is 6. The molecule has 0 unspecified atom stereocenters. The van der Waals surface area contributed by atoms with E-state index in [0.29, 0.717) is 0 Å². The van der Waals surface area contributed by atoms with E-state index in [0.717, 1.165) is 17.8 Å². The summed E-state index contributed by atoms with van der Waals surface area (Å²) in [5, 5.41) is 0. The van der Waals surface area contributed by atoms with Crippen LogP contribution in [0.3, 0.4) is 0 Å². The third-order valence-electron chi connectivity index (χ3n) is 14.0. The second kappa shape index (κ2) is 12.1. The maximum Gasteiger partial charge on any atom is 0.252 e. The van der Waals surface area contributed by atoms with E-state index in [1.807, 2.05) is 0 Å². The zero-order valence-corrected chi connectivity index (χ0v) is 31.1. The second-order valence-electron chi connectivity index (χ2n) is 17.1. The molecule has 13 rings (SSSR count). The largest absolute Gasteiger partial charge is 0.311 e. The van der Waals surface area contributed by atoms with Crippen LogP contribution < -0.4 is 26.2 Å². The van der Waals surface area contributed by atoms with Crippen LogP contribution in [0, 0.1) is 17.8 Å². The Morgan fingerprint density at radius 3 is 1.24 bits per heavy atom. The molecule has 3 heteroatoms. The van der Waals surface area contributed by atoms with E-state index in [2.05, 4.69) is 180 Å². The molecule has 0 amide bonds. The van der Waals surface area contributed by atoms with Crippen molar-refractivity contribution in [2.45, 2.75) is 43.9 Å². The van der Waals surface area contributed by atoms with Crippen LogP contribution in [-0.2, 0) is 5.41 Å². The van der Waals surface area contributed by atoms with Crippen LogP contribution in [0.5, 0.6) is 0 Å². The molecule has 2 aliphatic heterocycles. The molecule has 2 nitrogen and oxygen atoms in total. The number of rotatable bonds is 5. The molecule has 4 bridgehead atoms. The average Bonchev–Trinajstić information content (AvgIpc) is 3.23. The van der Waals surface area contributed by atoms with Crippen LogP contribution >= 0.6 is 0 Å². The van der Waals surface area contributed by atoms with E-state index in [1.165, 1.54) is 111 Å². The Hall–Kier alpha value is -5.80. The van der Waals surface area contributed by atoms with E-state index in [9.17, 15) is 0 Å². The Morgan fingerprint density at radius 2 is 0.782 bits per heavy atom. The van der Waals surface area contributed by atoms with Crippen molar-refractivity contribution >= 4 is 57.2 Å². The summed E-state index contributed by atoms with van der Waals surface area (Å²) in [5.41, 5.74) is 18.6. The van der Waals surface area contributed by atoms with Crippen molar-refractivity contribution in [2.24, 2.45) is 17.8 Å². The molecule has 0 N–H and O–H groups in total. The predicted octanol–water partition coefficient (Wildman–Crippen LogP) is 11.6. The van der Waals surface area contributed by atoms with Gasteiger partial charge in [-0.25, -0.2) is 0 Å². The molecule has 0 saturated heterocycles. The van der Waals surface area contributed by atoms with Gasteiger partial charge in [0.15, 0.2) is 0 Å². The molecule has 0 radical (unpaired) electrons. The number of benzene rings is 7. The average molecular weight is 707 g/mol. The zero-order chi connectivity index (χ0) is 36.1. The van der Waals surface area contributed by atoms with Crippen molar-refractivity contribution in [3.05, 3.63) is 175 Å². The highest BCUT2D eigenvalue weighted by atomic mass is 15.2. The number of nitrogens with zero attached hydrogens (tertiary/aromatic N) is 2. The number of fused-ring (bicyclic) bond motifs is 4. The first-order valence-corrected chi connectivity index (χ1v) is 20.5. The Kier molecular flexibility index (Phi) is 6.94. The number of hydrogen-bond donors (Lipinski definition) is 0. The fraction of sp³-hybridized carbons (Fsp3) is 0.192. The van der Waals surface area contributed by atoms with E-state index >= 15 is 0 Å². The maximum atomic E-state index is 2.69. The van der Waals surface area contributed by atoms with Crippen LogP contribution in [0.2, 0.25) is 0 Å². The van der Waals surface area contributed by atoms with Crippen LogP contribution in [-0.4, -0.2) is 6.71 Å². The standard InChI is InChI=1S/C52H43BN2/c1-3-15-38(16-4-1)41-19-7-11-23-45(41)54-47-25-13-9-21-43(47)53-44-22-10-14-26-48(44)55(46-24-12-8-20-42(46)39-17-5-2-6-18-39)50-31-40(30-49(54)51(50)53)52-32-35-27-36(33-52)29-37(28-35)34-52/h1-26,30-31,35-37H,27-29,32-34H2. The van der Waals surface area contributed by atoms with Crippen molar-refractivity contribution < 1.29 is 0 Å². The molecule has 7 aromatic rings. The lowest BCUT2D eigenvalue weighted by molar-refractivity contribution is -0.00514. The van der Waals surface area contributed by atoms with Gasteiger partial charge >= 0.3 is 0 Å². The second-order valence-corrected chi connectivity index (χ2v) is 17.1. The topological polar surface area (TPSA) is 6.48 Å². The molecule has 0 aromatic heterocycles. The summed E-state index contributed by atoms with van der Waals surface area (Å²) in [5.74, 6) is 2.58. The smallest absolute Gasteiger partial charge is 0.252 e. The predicted molar refractivity (Wildman–Crippen MR) is 231 cm³/mol. The van der Waals surface area contributed by atoms with E-state index in [4.69, 9.17) is 0 Å². The first kappa shape index (κ1) is 31.5. The zero-order valence-electron chi connectivity index (χ0n) is 31.1.